The lowest BCUT2D eigenvalue weighted by Crippen LogP contribution is -1.95. The maximum absolute atomic E-state index is 12.7. The van der Waals surface area contributed by atoms with E-state index >= 15 is 0 Å². The summed E-state index contributed by atoms with van der Waals surface area (Å²) in [6.07, 6.45) is 2.93. The Morgan fingerprint density at radius 1 is 1.27 bits per heavy atom. The van der Waals surface area contributed by atoms with Gasteiger partial charge in [0.15, 0.2) is 5.82 Å². The fraction of sp³-hybridized carbons (Fsp3) is 0. The van der Waals surface area contributed by atoms with Gasteiger partial charge in [-0.15, -0.1) is 4.99 Å². The van der Waals surface area contributed by atoms with Crippen molar-refractivity contribution in [3.8, 4) is 5.69 Å². The molecule has 1 aromatic carbocycles. The van der Waals surface area contributed by atoms with Crippen molar-refractivity contribution in [2.24, 2.45) is 4.99 Å². The van der Waals surface area contributed by atoms with Crippen LogP contribution in [-0.2, 0) is 4.79 Å². The molecule has 1 aromatic heterocycles. The van der Waals surface area contributed by atoms with Gasteiger partial charge in [0.25, 0.3) is 0 Å². The van der Waals surface area contributed by atoms with Gasteiger partial charge in [0.05, 0.1) is 11.9 Å². The van der Waals surface area contributed by atoms with E-state index in [2.05, 4.69) is 10.1 Å². The zero-order chi connectivity index (χ0) is 10.7. The van der Waals surface area contributed by atoms with E-state index in [0.29, 0.717) is 11.5 Å². The second-order valence-electron chi connectivity index (χ2n) is 2.78. The van der Waals surface area contributed by atoms with Crippen molar-refractivity contribution in [1.29, 1.82) is 0 Å². The highest BCUT2D eigenvalue weighted by Crippen LogP contribution is 2.16. The fourth-order valence-corrected chi connectivity index (χ4v) is 1.21. The molecule has 0 saturated heterocycles. The molecule has 15 heavy (non-hydrogen) atoms. The Morgan fingerprint density at radius 2 is 2.00 bits per heavy atom. The largest absolute Gasteiger partial charge is 0.242 e. The van der Waals surface area contributed by atoms with Gasteiger partial charge < -0.3 is 0 Å². The highest BCUT2D eigenvalue weighted by molar-refractivity contribution is 5.48. The molecule has 0 amide bonds. The Bertz CT molecular complexity index is 512. The average Bonchev–Trinajstić information content (AvgIpc) is 2.68. The molecule has 2 rings (SSSR count). The first-order chi connectivity index (χ1) is 7.31. The number of halogens is 1. The van der Waals surface area contributed by atoms with E-state index in [1.54, 1.807) is 18.2 Å². The van der Waals surface area contributed by atoms with E-state index in [-0.39, 0.29) is 5.82 Å². The van der Waals surface area contributed by atoms with Crippen molar-refractivity contribution in [2.45, 2.75) is 0 Å². The molecule has 5 heteroatoms. The molecule has 0 radical (unpaired) electrons. The van der Waals surface area contributed by atoms with E-state index in [4.69, 9.17) is 0 Å². The third-order valence-electron chi connectivity index (χ3n) is 1.85. The predicted octanol–water partition coefficient (Wildman–Crippen LogP) is 1.98. The Kier molecular flexibility index (Phi) is 2.39. The number of hydrogen-bond acceptors (Lipinski definition) is 3. The van der Waals surface area contributed by atoms with E-state index in [1.807, 2.05) is 0 Å². The molecular weight excluding hydrogens is 197 g/mol. The zero-order valence-electron chi connectivity index (χ0n) is 7.59. The standard InChI is InChI=1S/C10H6FN3O/c11-8-1-3-9(4-2-8)14-10(12-7-15)5-6-13-14/h1-6H. The van der Waals surface area contributed by atoms with Crippen molar-refractivity contribution < 1.29 is 9.18 Å². The Labute approximate surface area is 84.7 Å². The summed E-state index contributed by atoms with van der Waals surface area (Å²) in [6.45, 7) is 0. The van der Waals surface area contributed by atoms with Crippen LogP contribution in [-0.4, -0.2) is 15.9 Å². The highest BCUT2D eigenvalue weighted by Gasteiger charge is 2.03. The fourth-order valence-electron chi connectivity index (χ4n) is 1.21. The number of benzene rings is 1. The molecular formula is C10H6FN3O. The number of rotatable bonds is 2. The summed E-state index contributed by atoms with van der Waals surface area (Å²) >= 11 is 0. The number of isocyanates is 1. The predicted molar refractivity (Wildman–Crippen MR) is 51.3 cm³/mol. The van der Waals surface area contributed by atoms with E-state index in [1.165, 1.54) is 29.1 Å². The maximum Gasteiger partial charge on any atom is 0.242 e. The van der Waals surface area contributed by atoms with E-state index < -0.39 is 0 Å². The minimum Gasteiger partial charge on any atom is -0.215 e. The number of aliphatic imine (C=N–C) groups is 1. The SMILES string of the molecule is O=C=Nc1ccnn1-c1ccc(F)cc1. The molecule has 4 nitrogen and oxygen atoms in total. The Hall–Kier alpha value is -2.26. The van der Waals surface area contributed by atoms with Crippen molar-refractivity contribution in [3.05, 3.63) is 42.3 Å². The van der Waals surface area contributed by atoms with Gasteiger partial charge in [-0.05, 0) is 24.3 Å². The molecule has 0 fully saturated rings. The number of carbonyl (C=O) groups excluding carboxylic acids is 1. The molecule has 2 aromatic rings. The Balaban J connectivity index is 2.49. The van der Waals surface area contributed by atoms with Crippen molar-refractivity contribution in [3.63, 3.8) is 0 Å². The van der Waals surface area contributed by atoms with Crippen LogP contribution in [0.1, 0.15) is 0 Å². The molecule has 0 N–H and O–H groups in total. The summed E-state index contributed by atoms with van der Waals surface area (Å²) in [7, 11) is 0. The molecule has 0 unspecified atom stereocenters. The minimum atomic E-state index is -0.327. The normalized spacial score (nSPS) is 9.67. The van der Waals surface area contributed by atoms with Gasteiger partial charge >= 0.3 is 0 Å². The summed E-state index contributed by atoms with van der Waals surface area (Å²) in [5.74, 6) is 0.0305. The average molecular weight is 203 g/mol. The van der Waals surface area contributed by atoms with Crippen LogP contribution in [0.5, 0.6) is 0 Å². The van der Waals surface area contributed by atoms with E-state index in [9.17, 15) is 9.18 Å². The molecule has 0 spiro atoms. The van der Waals surface area contributed by atoms with Gasteiger partial charge in [-0.2, -0.15) is 5.10 Å². The quantitative estimate of drug-likeness (QED) is 0.553. The van der Waals surface area contributed by atoms with Gasteiger partial charge in [0.1, 0.15) is 5.82 Å². The molecule has 1 heterocycles. The van der Waals surface area contributed by atoms with Crippen LogP contribution in [0, 0.1) is 5.82 Å². The second kappa shape index (κ2) is 3.86. The van der Waals surface area contributed by atoms with Gasteiger partial charge in [0, 0.05) is 6.07 Å². The third kappa shape index (κ3) is 1.82. The molecule has 74 valence electrons. The lowest BCUT2D eigenvalue weighted by molar-refractivity contribution is 0.565. The minimum absolute atomic E-state index is 0.327. The Morgan fingerprint density at radius 3 is 2.67 bits per heavy atom. The second-order valence-corrected chi connectivity index (χ2v) is 2.78. The first-order valence-electron chi connectivity index (χ1n) is 4.19. The summed E-state index contributed by atoms with van der Waals surface area (Å²) in [5, 5.41) is 3.96. The molecule has 0 aliphatic rings. The summed E-state index contributed by atoms with van der Waals surface area (Å²) < 4.78 is 14.1. The number of nitrogens with zero attached hydrogens (tertiary/aromatic N) is 3. The van der Waals surface area contributed by atoms with Gasteiger partial charge in [-0.25, -0.2) is 13.9 Å². The van der Waals surface area contributed by atoms with Crippen LogP contribution in [0.25, 0.3) is 5.69 Å². The third-order valence-corrected chi connectivity index (χ3v) is 1.85. The van der Waals surface area contributed by atoms with E-state index in [0.717, 1.165) is 0 Å². The van der Waals surface area contributed by atoms with Gasteiger partial charge in [-0.1, -0.05) is 0 Å². The highest BCUT2D eigenvalue weighted by atomic mass is 19.1. The lowest BCUT2D eigenvalue weighted by atomic mass is 10.3. The maximum atomic E-state index is 12.7. The van der Waals surface area contributed by atoms with Crippen LogP contribution in [0.15, 0.2) is 41.5 Å². The summed E-state index contributed by atoms with van der Waals surface area (Å²) in [4.78, 5) is 13.6. The van der Waals surface area contributed by atoms with Crippen molar-refractivity contribution >= 4 is 11.9 Å². The van der Waals surface area contributed by atoms with Gasteiger partial charge in [0.2, 0.25) is 6.08 Å². The summed E-state index contributed by atoms with van der Waals surface area (Å²) in [5.41, 5.74) is 0.635. The zero-order valence-corrected chi connectivity index (χ0v) is 7.59. The van der Waals surface area contributed by atoms with Gasteiger partial charge in [-0.3, -0.25) is 0 Å². The van der Waals surface area contributed by atoms with Crippen LogP contribution < -0.4 is 0 Å². The van der Waals surface area contributed by atoms with Crippen LogP contribution in [0.3, 0.4) is 0 Å². The first kappa shape index (κ1) is 9.30. The van der Waals surface area contributed by atoms with Crippen molar-refractivity contribution in [1.82, 2.24) is 9.78 Å². The molecule has 0 atom stereocenters. The number of hydrogen-bond donors (Lipinski definition) is 0. The topological polar surface area (TPSA) is 47.2 Å². The van der Waals surface area contributed by atoms with Crippen LogP contribution in [0.4, 0.5) is 10.2 Å². The van der Waals surface area contributed by atoms with Crippen LogP contribution >= 0.6 is 0 Å². The monoisotopic (exact) mass is 203 g/mol. The summed E-state index contributed by atoms with van der Waals surface area (Å²) in [6, 6.07) is 7.28. The van der Waals surface area contributed by atoms with Crippen LogP contribution in [0.2, 0.25) is 0 Å². The molecule has 0 bridgehead atoms. The smallest absolute Gasteiger partial charge is 0.215 e. The molecule has 0 aliphatic heterocycles. The molecule has 0 saturated carbocycles. The van der Waals surface area contributed by atoms with Crippen molar-refractivity contribution in [2.75, 3.05) is 0 Å². The number of aromatic nitrogens is 2. The molecule has 0 aliphatic carbocycles. The first-order valence-corrected chi connectivity index (χ1v) is 4.19. The lowest BCUT2D eigenvalue weighted by Gasteiger charge is -2.01.